The molecule has 1 aromatic heterocycles. The van der Waals surface area contributed by atoms with Crippen molar-refractivity contribution in [1.29, 1.82) is 0 Å². The van der Waals surface area contributed by atoms with Gasteiger partial charge in [-0.2, -0.15) is 0 Å². The minimum Gasteiger partial charge on any atom is -0.484 e. The molecular weight excluding hydrogens is 502 g/mol. The maximum Gasteiger partial charge on any atom is 0.289 e. The average molecular weight is 529 g/mol. The van der Waals surface area contributed by atoms with E-state index in [1.807, 2.05) is 32.0 Å². The van der Waals surface area contributed by atoms with Crippen molar-refractivity contribution in [2.24, 2.45) is 0 Å². The Balaban J connectivity index is 1.24. The predicted octanol–water partition coefficient (Wildman–Crippen LogP) is 3.90. The van der Waals surface area contributed by atoms with E-state index in [9.17, 15) is 23.2 Å². The topological polar surface area (TPSA) is 101 Å². The molecule has 0 bridgehead atoms. The smallest absolute Gasteiger partial charge is 0.289 e. The van der Waals surface area contributed by atoms with Crippen LogP contribution in [-0.4, -0.2) is 47.3 Å². The molecule has 1 saturated heterocycles. The Morgan fingerprint density at radius 1 is 1.03 bits per heavy atom. The molecule has 0 unspecified atom stereocenters. The van der Waals surface area contributed by atoms with Gasteiger partial charge in [-0.15, -0.1) is 11.3 Å². The summed E-state index contributed by atoms with van der Waals surface area (Å²) in [5, 5.41) is 2.34. The molecule has 2 aromatic carbocycles. The van der Waals surface area contributed by atoms with Gasteiger partial charge >= 0.3 is 0 Å². The number of halogens is 2. The largest absolute Gasteiger partial charge is 0.484 e. The highest BCUT2D eigenvalue weighted by atomic mass is 32.1. The Morgan fingerprint density at radius 3 is 2.46 bits per heavy atom. The number of hydrogen-bond donors (Lipinski definition) is 2. The number of carbonyl (C=O) groups excluding carboxylic acids is 3. The molecule has 0 radical (unpaired) electrons. The molecular formula is C26H26F2N4O4S. The fourth-order valence-electron chi connectivity index (χ4n) is 3.91. The lowest BCUT2D eigenvalue weighted by Crippen LogP contribution is -2.42. The number of aromatic nitrogens is 1. The van der Waals surface area contributed by atoms with Crippen LogP contribution in [0, 0.1) is 25.5 Å². The number of thiazole rings is 1. The number of benzene rings is 2. The second-order valence-corrected chi connectivity index (χ2v) is 9.68. The molecule has 37 heavy (non-hydrogen) atoms. The molecule has 2 heterocycles. The molecule has 4 rings (SSSR count). The van der Waals surface area contributed by atoms with E-state index in [1.165, 1.54) is 11.3 Å². The monoisotopic (exact) mass is 528 g/mol. The third-order valence-corrected chi connectivity index (χ3v) is 7.26. The normalized spacial score (nSPS) is 13.8. The first-order valence-electron chi connectivity index (χ1n) is 11.7. The van der Waals surface area contributed by atoms with Crippen molar-refractivity contribution in [2.75, 3.05) is 19.7 Å². The first kappa shape index (κ1) is 26.2. The number of nitrogens with one attached hydrogen (secondary N) is 2. The number of rotatable bonds is 6. The van der Waals surface area contributed by atoms with Crippen LogP contribution in [0.15, 0.2) is 41.8 Å². The summed E-state index contributed by atoms with van der Waals surface area (Å²) in [5.74, 6) is -2.74. The molecule has 1 aliphatic heterocycles. The van der Waals surface area contributed by atoms with Crippen LogP contribution in [0.4, 0.5) is 8.78 Å². The highest BCUT2D eigenvalue weighted by Gasteiger charge is 2.27. The van der Waals surface area contributed by atoms with Gasteiger partial charge in [0.15, 0.2) is 6.61 Å². The van der Waals surface area contributed by atoms with Crippen molar-refractivity contribution in [1.82, 2.24) is 20.7 Å². The summed E-state index contributed by atoms with van der Waals surface area (Å²) in [6.45, 7) is 5.10. The summed E-state index contributed by atoms with van der Waals surface area (Å²) in [5.41, 5.74) is 6.27. The van der Waals surface area contributed by atoms with E-state index >= 15 is 0 Å². The Bertz CT molecular complexity index is 1320. The van der Waals surface area contributed by atoms with Crippen LogP contribution in [0.5, 0.6) is 5.75 Å². The minimum atomic E-state index is -1.04. The molecule has 3 aromatic rings. The van der Waals surface area contributed by atoms with E-state index in [-0.39, 0.29) is 24.1 Å². The Hall–Kier alpha value is -3.86. The first-order valence-corrected chi connectivity index (χ1v) is 12.6. The quantitative estimate of drug-likeness (QED) is 0.473. The van der Waals surface area contributed by atoms with Crippen molar-refractivity contribution in [2.45, 2.75) is 32.6 Å². The zero-order chi connectivity index (χ0) is 26.5. The number of likely N-dealkylation sites (tertiary alicyclic amines) is 1. The standard InChI is InChI=1S/C26H26F2N4O4S/c1-15-3-5-19(11-16(15)2)36-13-23(33)32-9-7-17(8-10-32)26-29-22(14-37-26)25(35)31-30-24(34)20-6-4-18(27)12-21(20)28/h3-6,11-12,14,17H,7-10,13H2,1-2H3,(H,30,34)(H,31,35). The SMILES string of the molecule is Cc1ccc(OCC(=O)N2CCC(c3nc(C(=O)NNC(=O)c4ccc(F)cc4F)cs3)CC2)cc1C. The fraction of sp³-hybridized carbons (Fsp3) is 0.308. The first-order chi connectivity index (χ1) is 17.7. The highest BCUT2D eigenvalue weighted by Crippen LogP contribution is 2.30. The Morgan fingerprint density at radius 2 is 1.76 bits per heavy atom. The lowest BCUT2D eigenvalue weighted by atomic mass is 9.97. The fourth-order valence-corrected chi connectivity index (χ4v) is 4.89. The Kier molecular flexibility index (Phi) is 8.12. The Labute approximate surface area is 216 Å². The zero-order valence-electron chi connectivity index (χ0n) is 20.3. The van der Waals surface area contributed by atoms with Gasteiger partial charge in [-0.25, -0.2) is 13.8 Å². The number of hydrogen-bond acceptors (Lipinski definition) is 6. The van der Waals surface area contributed by atoms with Gasteiger partial charge < -0.3 is 9.64 Å². The molecule has 8 nitrogen and oxygen atoms in total. The van der Waals surface area contributed by atoms with Gasteiger partial charge in [-0.1, -0.05) is 6.07 Å². The number of carbonyl (C=O) groups is 3. The summed E-state index contributed by atoms with van der Waals surface area (Å²) in [7, 11) is 0. The molecule has 1 fully saturated rings. The molecule has 0 spiro atoms. The molecule has 11 heteroatoms. The van der Waals surface area contributed by atoms with E-state index in [4.69, 9.17) is 4.74 Å². The summed E-state index contributed by atoms with van der Waals surface area (Å²) in [6.07, 6.45) is 1.40. The van der Waals surface area contributed by atoms with Crippen molar-refractivity contribution >= 4 is 29.1 Å². The highest BCUT2D eigenvalue weighted by molar-refractivity contribution is 7.09. The van der Waals surface area contributed by atoms with E-state index < -0.39 is 29.0 Å². The van der Waals surface area contributed by atoms with Gasteiger partial charge in [0.05, 0.1) is 10.6 Å². The summed E-state index contributed by atoms with van der Waals surface area (Å²) < 4.78 is 32.4. The number of piperidine rings is 1. The molecule has 194 valence electrons. The molecule has 3 amide bonds. The van der Waals surface area contributed by atoms with Crippen LogP contribution in [0.2, 0.25) is 0 Å². The maximum absolute atomic E-state index is 13.7. The van der Waals surface area contributed by atoms with Gasteiger partial charge in [0.25, 0.3) is 17.7 Å². The van der Waals surface area contributed by atoms with Gasteiger partial charge in [-0.3, -0.25) is 25.2 Å². The van der Waals surface area contributed by atoms with Crippen molar-refractivity contribution in [3.8, 4) is 5.75 Å². The van der Waals surface area contributed by atoms with Crippen LogP contribution < -0.4 is 15.6 Å². The third-order valence-electron chi connectivity index (χ3n) is 6.26. The van der Waals surface area contributed by atoms with Crippen LogP contribution in [0.3, 0.4) is 0 Å². The number of aryl methyl sites for hydroxylation is 2. The van der Waals surface area contributed by atoms with Gasteiger partial charge in [0.2, 0.25) is 0 Å². The lowest BCUT2D eigenvalue weighted by molar-refractivity contribution is -0.134. The van der Waals surface area contributed by atoms with E-state index in [0.717, 1.165) is 28.3 Å². The van der Waals surface area contributed by atoms with E-state index in [2.05, 4.69) is 15.8 Å². The summed E-state index contributed by atoms with van der Waals surface area (Å²) in [4.78, 5) is 43.2. The van der Waals surface area contributed by atoms with Crippen molar-refractivity contribution in [3.05, 3.63) is 80.8 Å². The van der Waals surface area contributed by atoms with E-state index in [1.54, 1.807) is 10.3 Å². The zero-order valence-corrected chi connectivity index (χ0v) is 21.2. The summed E-state index contributed by atoms with van der Waals surface area (Å²) >= 11 is 1.32. The predicted molar refractivity (Wildman–Crippen MR) is 133 cm³/mol. The van der Waals surface area contributed by atoms with E-state index in [0.29, 0.717) is 37.7 Å². The molecule has 0 atom stereocenters. The number of amides is 3. The summed E-state index contributed by atoms with van der Waals surface area (Å²) in [6, 6.07) is 8.24. The number of hydrazine groups is 1. The number of nitrogens with zero attached hydrogens (tertiary/aromatic N) is 2. The van der Waals surface area contributed by atoms with Crippen molar-refractivity contribution in [3.63, 3.8) is 0 Å². The number of ether oxygens (including phenoxy) is 1. The van der Waals surface area contributed by atoms with Gasteiger partial charge in [-0.05, 0) is 62.1 Å². The maximum atomic E-state index is 13.7. The van der Waals surface area contributed by atoms with Crippen LogP contribution in [0.25, 0.3) is 0 Å². The van der Waals surface area contributed by atoms with Crippen molar-refractivity contribution < 1.29 is 27.9 Å². The third kappa shape index (κ3) is 6.48. The molecule has 0 saturated carbocycles. The second kappa shape index (κ2) is 11.5. The van der Waals surface area contributed by atoms with Gasteiger partial charge in [0.1, 0.15) is 23.1 Å². The lowest BCUT2D eigenvalue weighted by Gasteiger charge is -2.31. The average Bonchev–Trinajstić information content (AvgIpc) is 3.38. The van der Waals surface area contributed by atoms with Gasteiger partial charge in [0, 0.05) is 30.5 Å². The molecule has 0 aliphatic carbocycles. The van der Waals surface area contributed by atoms with Crippen LogP contribution in [-0.2, 0) is 4.79 Å². The second-order valence-electron chi connectivity index (χ2n) is 8.79. The van der Waals surface area contributed by atoms with Crippen LogP contribution in [0.1, 0.15) is 55.7 Å². The minimum absolute atomic E-state index is 0.0255. The molecule has 1 aliphatic rings. The van der Waals surface area contributed by atoms with Crippen LogP contribution >= 0.6 is 11.3 Å². The molecule has 2 N–H and O–H groups in total.